The topological polar surface area (TPSA) is 54.8 Å². The Hall–Kier alpha value is -1.66. The summed E-state index contributed by atoms with van der Waals surface area (Å²) in [5, 5.41) is 11.6. The largest absolute Gasteiger partial charge is 0.357 e. The van der Waals surface area contributed by atoms with E-state index in [2.05, 4.69) is 20.9 Å². The van der Waals surface area contributed by atoms with Crippen molar-refractivity contribution in [1.29, 1.82) is 0 Å². The van der Waals surface area contributed by atoms with Gasteiger partial charge in [-0.1, -0.05) is 23.7 Å². The van der Waals surface area contributed by atoms with E-state index in [-0.39, 0.29) is 0 Å². The Kier molecular flexibility index (Phi) is 3.89. The second-order valence-corrected chi connectivity index (χ2v) is 4.13. The summed E-state index contributed by atoms with van der Waals surface area (Å²) in [6.45, 7) is 0.630. The number of hydrogen-bond donors (Lipinski definition) is 2. The molecule has 0 saturated carbocycles. The van der Waals surface area contributed by atoms with Gasteiger partial charge in [-0.25, -0.2) is 4.68 Å². The number of hydrogen-bond acceptors (Lipinski definition) is 3. The van der Waals surface area contributed by atoms with Gasteiger partial charge in [-0.05, 0) is 29.9 Å². The van der Waals surface area contributed by atoms with Crippen LogP contribution in [0.5, 0.6) is 0 Å². The molecule has 1 heterocycles. The highest BCUT2D eigenvalue weighted by molar-refractivity contribution is 7.80. The molecule has 1 aromatic heterocycles. The molecule has 0 aliphatic heterocycles. The van der Waals surface area contributed by atoms with Gasteiger partial charge in [0.05, 0.1) is 0 Å². The van der Waals surface area contributed by atoms with Gasteiger partial charge in [0.1, 0.15) is 12.7 Å². The Balaban J connectivity index is 1.82. The fraction of sp³-hybridized carbons (Fsp3) is 0.100. The average Bonchev–Trinajstić information content (AvgIpc) is 2.81. The second-order valence-electron chi connectivity index (χ2n) is 3.29. The molecule has 0 fully saturated rings. The zero-order chi connectivity index (χ0) is 12.1. The SMILES string of the molecule is S=C(NCc1ccc(Cl)cc1)Nn1cnnc1. The van der Waals surface area contributed by atoms with E-state index in [9.17, 15) is 0 Å². The molecule has 17 heavy (non-hydrogen) atoms. The zero-order valence-electron chi connectivity index (χ0n) is 8.80. The lowest BCUT2D eigenvalue weighted by Gasteiger charge is -2.10. The van der Waals surface area contributed by atoms with Crippen molar-refractivity contribution in [3.63, 3.8) is 0 Å². The van der Waals surface area contributed by atoms with Crippen LogP contribution >= 0.6 is 23.8 Å². The third-order valence-electron chi connectivity index (χ3n) is 2.02. The summed E-state index contributed by atoms with van der Waals surface area (Å²) in [5.74, 6) is 0. The standard InChI is InChI=1S/C10H10ClN5S/c11-9-3-1-8(2-4-9)5-12-10(17)15-16-6-13-14-7-16/h1-4,6-7H,5H2,(H2,12,15,17). The lowest BCUT2D eigenvalue weighted by molar-refractivity contribution is 0.884. The molecule has 0 amide bonds. The average molecular weight is 268 g/mol. The first kappa shape index (κ1) is 11.8. The monoisotopic (exact) mass is 267 g/mol. The van der Waals surface area contributed by atoms with Crippen LogP contribution in [-0.2, 0) is 6.54 Å². The number of halogens is 1. The maximum atomic E-state index is 5.79. The van der Waals surface area contributed by atoms with Crippen LogP contribution in [0.1, 0.15) is 5.56 Å². The third-order valence-corrected chi connectivity index (χ3v) is 2.50. The number of aromatic nitrogens is 3. The van der Waals surface area contributed by atoms with E-state index >= 15 is 0 Å². The van der Waals surface area contributed by atoms with Crippen molar-refractivity contribution in [1.82, 2.24) is 20.2 Å². The van der Waals surface area contributed by atoms with Crippen molar-refractivity contribution >= 4 is 28.9 Å². The Morgan fingerprint density at radius 2 is 1.88 bits per heavy atom. The molecule has 0 aliphatic rings. The molecule has 88 valence electrons. The first-order valence-electron chi connectivity index (χ1n) is 4.88. The van der Waals surface area contributed by atoms with Gasteiger partial charge in [0.15, 0.2) is 5.11 Å². The van der Waals surface area contributed by atoms with Crippen molar-refractivity contribution in [2.75, 3.05) is 5.43 Å². The lowest BCUT2D eigenvalue weighted by atomic mass is 10.2. The first-order chi connectivity index (χ1) is 8.24. The molecular weight excluding hydrogens is 258 g/mol. The molecule has 0 unspecified atom stereocenters. The van der Waals surface area contributed by atoms with Gasteiger partial charge in [0.25, 0.3) is 0 Å². The van der Waals surface area contributed by atoms with Crippen LogP contribution in [0.2, 0.25) is 5.02 Å². The summed E-state index contributed by atoms with van der Waals surface area (Å²) in [4.78, 5) is 0. The summed E-state index contributed by atoms with van der Waals surface area (Å²) in [7, 11) is 0. The van der Waals surface area contributed by atoms with E-state index in [0.29, 0.717) is 11.7 Å². The first-order valence-corrected chi connectivity index (χ1v) is 5.66. The zero-order valence-corrected chi connectivity index (χ0v) is 10.4. The Labute approximate surface area is 109 Å². The van der Waals surface area contributed by atoms with Crippen molar-refractivity contribution in [3.8, 4) is 0 Å². The number of benzene rings is 1. The fourth-order valence-corrected chi connectivity index (χ4v) is 1.50. The Morgan fingerprint density at radius 1 is 1.24 bits per heavy atom. The minimum atomic E-state index is 0.500. The van der Waals surface area contributed by atoms with Crippen LogP contribution < -0.4 is 10.7 Å². The summed E-state index contributed by atoms with van der Waals surface area (Å²) < 4.78 is 1.57. The molecule has 0 bridgehead atoms. The highest BCUT2D eigenvalue weighted by atomic mass is 35.5. The van der Waals surface area contributed by atoms with Crippen molar-refractivity contribution in [3.05, 3.63) is 47.5 Å². The van der Waals surface area contributed by atoms with Crippen LogP contribution in [0.15, 0.2) is 36.9 Å². The predicted molar refractivity (Wildman–Crippen MR) is 70.3 cm³/mol. The van der Waals surface area contributed by atoms with E-state index < -0.39 is 0 Å². The predicted octanol–water partition coefficient (Wildman–Crippen LogP) is 1.55. The van der Waals surface area contributed by atoms with E-state index in [0.717, 1.165) is 10.6 Å². The molecule has 0 saturated heterocycles. The highest BCUT2D eigenvalue weighted by Crippen LogP contribution is 2.08. The van der Waals surface area contributed by atoms with Gasteiger partial charge in [0, 0.05) is 11.6 Å². The molecular formula is C10H10ClN5S. The van der Waals surface area contributed by atoms with Gasteiger partial charge in [-0.15, -0.1) is 10.2 Å². The van der Waals surface area contributed by atoms with E-state index in [1.807, 2.05) is 24.3 Å². The van der Waals surface area contributed by atoms with Crippen LogP contribution in [0, 0.1) is 0 Å². The number of thiocarbonyl (C=S) groups is 1. The van der Waals surface area contributed by atoms with Gasteiger partial charge in [-0.2, -0.15) is 0 Å². The van der Waals surface area contributed by atoms with E-state index in [1.54, 1.807) is 4.68 Å². The third kappa shape index (κ3) is 3.69. The maximum absolute atomic E-state index is 5.79. The molecule has 2 N–H and O–H groups in total. The van der Waals surface area contributed by atoms with Crippen molar-refractivity contribution in [2.45, 2.75) is 6.54 Å². The minimum Gasteiger partial charge on any atom is -0.357 e. The van der Waals surface area contributed by atoms with Crippen molar-refractivity contribution < 1.29 is 0 Å². The minimum absolute atomic E-state index is 0.500. The van der Waals surface area contributed by atoms with Crippen LogP contribution in [0.3, 0.4) is 0 Å². The summed E-state index contributed by atoms with van der Waals surface area (Å²) in [5.41, 5.74) is 3.99. The fourth-order valence-electron chi connectivity index (χ4n) is 1.20. The summed E-state index contributed by atoms with van der Waals surface area (Å²) >= 11 is 10.9. The molecule has 0 atom stereocenters. The van der Waals surface area contributed by atoms with E-state index in [1.165, 1.54) is 12.7 Å². The maximum Gasteiger partial charge on any atom is 0.186 e. The van der Waals surface area contributed by atoms with Gasteiger partial charge in [0.2, 0.25) is 0 Å². The number of nitrogens with one attached hydrogen (secondary N) is 2. The molecule has 0 radical (unpaired) electrons. The van der Waals surface area contributed by atoms with Gasteiger partial charge in [-0.3, -0.25) is 5.43 Å². The normalized spacial score (nSPS) is 9.94. The molecule has 7 heteroatoms. The van der Waals surface area contributed by atoms with Crippen LogP contribution in [0.4, 0.5) is 0 Å². The summed E-state index contributed by atoms with van der Waals surface area (Å²) in [6.07, 6.45) is 3.05. The number of nitrogens with zero attached hydrogens (tertiary/aromatic N) is 3. The molecule has 2 aromatic rings. The van der Waals surface area contributed by atoms with Gasteiger partial charge >= 0.3 is 0 Å². The quantitative estimate of drug-likeness (QED) is 0.827. The van der Waals surface area contributed by atoms with Crippen LogP contribution in [-0.4, -0.2) is 20.0 Å². The highest BCUT2D eigenvalue weighted by Gasteiger charge is 1.97. The van der Waals surface area contributed by atoms with Crippen molar-refractivity contribution in [2.24, 2.45) is 0 Å². The lowest BCUT2D eigenvalue weighted by Crippen LogP contribution is -2.32. The smallest absolute Gasteiger partial charge is 0.186 e. The number of rotatable bonds is 3. The molecule has 0 aliphatic carbocycles. The molecule has 0 spiro atoms. The Bertz CT molecular complexity index is 482. The molecule has 1 aromatic carbocycles. The molecule has 5 nitrogen and oxygen atoms in total. The Morgan fingerprint density at radius 3 is 2.53 bits per heavy atom. The summed E-state index contributed by atoms with van der Waals surface area (Å²) in [6, 6.07) is 7.57. The van der Waals surface area contributed by atoms with Gasteiger partial charge < -0.3 is 5.32 Å². The second kappa shape index (κ2) is 5.60. The molecule has 2 rings (SSSR count). The van der Waals surface area contributed by atoms with E-state index in [4.69, 9.17) is 23.8 Å². The van der Waals surface area contributed by atoms with Crippen LogP contribution in [0.25, 0.3) is 0 Å².